The third kappa shape index (κ3) is 4.66. The van der Waals surface area contributed by atoms with Crippen LogP contribution in [0.4, 0.5) is 5.69 Å². The number of amides is 2. The molecule has 146 valence electrons. The number of benzene rings is 2. The molecular weight excluding hydrogens is 382 g/mol. The van der Waals surface area contributed by atoms with Gasteiger partial charge in [0, 0.05) is 41.6 Å². The van der Waals surface area contributed by atoms with Gasteiger partial charge in [-0.15, -0.1) is 11.8 Å². The molecule has 0 fully saturated rings. The van der Waals surface area contributed by atoms with Gasteiger partial charge in [0.2, 0.25) is 5.91 Å². The molecule has 3 aromatic rings. The number of rotatable bonds is 6. The Kier molecular flexibility index (Phi) is 5.91. The predicted molar refractivity (Wildman–Crippen MR) is 115 cm³/mol. The van der Waals surface area contributed by atoms with Gasteiger partial charge in [-0.05, 0) is 47.9 Å². The lowest BCUT2D eigenvalue weighted by Gasteiger charge is -2.17. The summed E-state index contributed by atoms with van der Waals surface area (Å²) in [5.74, 6) is 0.391. The molecule has 0 radical (unpaired) electrons. The minimum Gasteiger partial charge on any atom is -0.351 e. The fourth-order valence-electron chi connectivity index (χ4n) is 3.34. The molecule has 0 saturated carbocycles. The minimum absolute atomic E-state index is 0.00819. The molecule has 1 N–H and O–H groups in total. The first-order valence-electron chi connectivity index (χ1n) is 9.49. The van der Waals surface area contributed by atoms with Crippen LogP contribution in [0.25, 0.3) is 0 Å². The topological polar surface area (TPSA) is 62.3 Å². The van der Waals surface area contributed by atoms with E-state index in [2.05, 4.69) is 16.4 Å². The van der Waals surface area contributed by atoms with Crippen LogP contribution in [-0.4, -0.2) is 29.1 Å². The number of aromatic nitrogens is 1. The van der Waals surface area contributed by atoms with Crippen molar-refractivity contribution in [2.45, 2.75) is 17.9 Å². The van der Waals surface area contributed by atoms with Gasteiger partial charge >= 0.3 is 0 Å². The molecule has 2 amide bonds. The molecule has 0 unspecified atom stereocenters. The summed E-state index contributed by atoms with van der Waals surface area (Å²) < 4.78 is 0. The number of anilines is 1. The van der Waals surface area contributed by atoms with Crippen molar-refractivity contribution in [2.75, 3.05) is 17.2 Å². The van der Waals surface area contributed by atoms with E-state index in [4.69, 9.17) is 0 Å². The monoisotopic (exact) mass is 403 g/mol. The molecule has 1 aliphatic heterocycles. The smallest absolute Gasteiger partial charge is 0.258 e. The summed E-state index contributed by atoms with van der Waals surface area (Å²) in [5.41, 5.74) is 3.76. The van der Waals surface area contributed by atoms with Crippen LogP contribution in [0.5, 0.6) is 0 Å². The van der Waals surface area contributed by atoms with E-state index >= 15 is 0 Å². The maximum Gasteiger partial charge on any atom is 0.258 e. The van der Waals surface area contributed by atoms with E-state index in [9.17, 15) is 9.59 Å². The summed E-state index contributed by atoms with van der Waals surface area (Å²) in [6.45, 7) is 1.15. The maximum atomic E-state index is 12.7. The zero-order chi connectivity index (χ0) is 20.1. The predicted octanol–water partition coefficient (Wildman–Crippen LogP) is 3.69. The molecule has 29 heavy (non-hydrogen) atoms. The summed E-state index contributed by atoms with van der Waals surface area (Å²) in [5, 5.41) is 2.97. The molecule has 4 rings (SSSR count). The number of carbonyl (C=O) groups excluding carboxylic acids is 2. The highest BCUT2D eigenvalue weighted by atomic mass is 32.2. The van der Waals surface area contributed by atoms with Gasteiger partial charge in [0.05, 0.1) is 5.75 Å². The second-order valence-corrected chi connectivity index (χ2v) is 7.83. The molecule has 1 aliphatic rings. The quantitative estimate of drug-likeness (QED) is 0.638. The van der Waals surface area contributed by atoms with Crippen molar-refractivity contribution in [1.29, 1.82) is 0 Å². The van der Waals surface area contributed by atoms with Crippen molar-refractivity contribution in [3.63, 3.8) is 0 Å². The van der Waals surface area contributed by atoms with E-state index in [0.717, 1.165) is 28.1 Å². The van der Waals surface area contributed by atoms with Gasteiger partial charge in [0.15, 0.2) is 0 Å². The number of thioether (sulfide) groups is 1. The lowest BCUT2D eigenvalue weighted by Crippen LogP contribution is -2.28. The fraction of sp³-hybridized carbons (Fsp3) is 0.174. The van der Waals surface area contributed by atoms with E-state index < -0.39 is 0 Å². The Morgan fingerprint density at radius 2 is 1.83 bits per heavy atom. The van der Waals surface area contributed by atoms with Crippen molar-refractivity contribution in [3.05, 3.63) is 89.7 Å². The van der Waals surface area contributed by atoms with Gasteiger partial charge in [-0.2, -0.15) is 0 Å². The molecule has 0 spiro atoms. The van der Waals surface area contributed by atoms with E-state index in [1.807, 2.05) is 47.4 Å². The highest BCUT2D eigenvalue weighted by Crippen LogP contribution is 2.30. The number of nitrogens with zero attached hydrogens (tertiary/aromatic N) is 2. The lowest BCUT2D eigenvalue weighted by atomic mass is 10.1. The molecule has 0 saturated heterocycles. The van der Waals surface area contributed by atoms with Crippen molar-refractivity contribution in [1.82, 2.24) is 10.3 Å². The van der Waals surface area contributed by atoms with Crippen LogP contribution in [0.1, 0.15) is 21.5 Å². The molecule has 2 aromatic carbocycles. The van der Waals surface area contributed by atoms with Crippen molar-refractivity contribution < 1.29 is 9.59 Å². The van der Waals surface area contributed by atoms with Crippen molar-refractivity contribution >= 4 is 29.3 Å². The number of pyridine rings is 1. The lowest BCUT2D eigenvalue weighted by molar-refractivity contribution is -0.118. The van der Waals surface area contributed by atoms with E-state index in [0.29, 0.717) is 24.4 Å². The van der Waals surface area contributed by atoms with Crippen LogP contribution in [0, 0.1) is 0 Å². The molecule has 5 nitrogen and oxygen atoms in total. The summed E-state index contributed by atoms with van der Waals surface area (Å²) in [6.07, 6.45) is 4.08. The van der Waals surface area contributed by atoms with Crippen LogP contribution in [0.15, 0.2) is 78.0 Å². The summed E-state index contributed by atoms with van der Waals surface area (Å²) in [6, 6.07) is 19.4. The molecule has 0 bridgehead atoms. The van der Waals surface area contributed by atoms with Crippen LogP contribution >= 0.6 is 11.8 Å². The SMILES string of the molecule is O=C(CSc1ccccc1)NCc1ccc2c(c1)CCN2C(=O)c1ccncc1. The largest absolute Gasteiger partial charge is 0.351 e. The Morgan fingerprint density at radius 3 is 2.62 bits per heavy atom. The van der Waals surface area contributed by atoms with Crippen molar-refractivity contribution in [3.8, 4) is 0 Å². The Morgan fingerprint density at radius 1 is 1.03 bits per heavy atom. The Balaban J connectivity index is 1.34. The number of nitrogens with one attached hydrogen (secondary N) is 1. The van der Waals surface area contributed by atoms with Gasteiger partial charge in [0.25, 0.3) is 5.91 Å². The molecule has 0 aliphatic carbocycles. The third-order valence-corrected chi connectivity index (χ3v) is 5.83. The van der Waals surface area contributed by atoms with E-state index in [1.165, 1.54) is 11.8 Å². The number of fused-ring (bicyclic) bond motifs is 1. The number of carbonyl (C=O) groups is 2. The average Bonchev–Trinajstić information content (AvgIpc) is 3.20. The molecular formula is C23H21N3O2S. The van der Waals surface area contributed by atoms with Gasteiger partial charge in [0.1, 0.15) is 0 Å². The number of hydrogen-bond donors (Lipinski definition) is 1. The van der Waals surface area contributed by atoms with Crippen LogP contribution in [0.2, 0.25) is 0 Å². The second kappa shape index (κ2) is 8.92. The van der Waals surface area contributed by atoms with Crippen LogP contribution < -0.4 is 10.2 Å². The molecule has 6 heteroatoms. The van der Waals surface area contributed by atoms with Crippen LogP contribution in [-0.2, 0) is 17.8 Å². The highest BCUT2D eigenvalue weighted by molar-refractivity contribution is 8.00. The Bertz CT molecular complexity index is 1010. The van der Waals surface area contributed by atoms with Gasteiger partial charge in [-0.25, -0.2) is 0 Å². The van der Waals surface area contributed by atoms with E-state index in [-0.39, 0.29) is 11.8 Å². The molecule has 0 atom stereocenters. The average molecular weight is 404 g/mol. The molecule has 2 heterocycles. The molecule has 1 aromatic heterocycles. The zero-order valence-electron chi connectivity index (χ0n) is 15.9. The number of hydrogen-bond acceptors (Lipinski definition) is 4. The first-order chi connectivity index (χ1) is 14.2. The van der Waals surface area contributed by atoms with Crippen molar-refractivity contribution in [2.24, 2.45) is 0 Å². The van der Waals surface area contributed by atoms with Gasteiger partial charge < -0.3 is 10.2 Å². The Hall–Kier alpha value is -3.12. The second-order valence-electron chi connectivity index (χ2n) is 6.78. The van der Waals surface area contributed by atoms with Gasteiger partial charge in [-0.1, -0.05) is 30.3 Å². The third-order valence-electron chi connectivity index (χ3n) is 4.81. The first kappa shape index (κ1) is 19.2. The standard InChI is InChI=1S/C23H21N3O2S/c27-22(16-29-20-4-2-1-3-5-20)25-15-17-6-7-21-19(14-17)10-13-26(21)23(28)18-8-11-24-12-9-18/h1-9,11-12,14H,10,13,15-16H2,(H,25,27). The minimum atomic E-state index is -0.00913. The fourth-order valence-corrected chi connectivity index (χ4v) is 4.09. The summed E-state index contributed by atoms with van der Waals surface area (Å²) >= 11 is 1.52. The summed E-state index contributed by atoms with van der Waals surface area (Å²) in [4.78, 5) is 31.7. The normalized spacial score (nSPS) is 12.5. The highest BCUT2D eigenvalue weighted by Gasteiger charge is 2.25. The first-order valence-corrected chi connectivity index (χ1v) is 10.5. The zero-order valence-corrected chi connectivity index (χ0v) is 16.7. The van der Waals surface area contributed by atoms with Gasteiger partial charge in [-0.3, -0.25) is 14.6 Å². The maximum absolute atomic E-state index is 12.7. The summed E-state index contributed by atoms with van der Waals surface area (Å²) in [7, 11) is 0. The van der Waals surface area contributed by atoms with Crippen LogP contribution in [0.3, 0.4) is 0 Å². The Labute approximate surface area is 174 Å². The van der Waals surface area contributed by atoms with E-state index in [1.54, 1.807) is 24.5 Å².